The van der Waals surface area contributed by atoms with E-state index in [9.17, 15) is 0 Å². The molecule has 1 nitrogen and oxygen atoms in total. The van der Waals surface area contributed by atoms with Gasteiger partial charge in [0, 0.05) is 7.11 Å². The maximum atomic E-state index is 4.94. The fraction of sp³-hybridized carbons (Fsp3) is 0.875. The molecular weight excluding hydrogens is 112 g/mol. The standard InChI is InChI=1S/C5H12O.C3H7/c1-5(2,3)6-4;1-3-2/h1-4H3;1,3H2,2H3. The summed E-state index contributed by atoms with van der Waals surface area (Å²) in [6, 6.07) is 0. The van der Waals surface area contributed by atoms with Gasteiger partial charge < -0.3 is 4.74 Å². The lowest BCUT2D eigenvalue weighted by molar-refractivity contribution is 0.0397. The van der Waals surface area contributed by atoms with E-state index in [0.29, 0.717) is 0 Å². The van der Waals surface area contributed by atoms with Gasteiger partial charge in [-0.1, -0.05) is 20.3 Å². The minimum absolute atomic E-state index is 0.0417. The topological polar surface area (TPSA) is 9.23 Å². The van der Waals surface area contributed by atoms with E-state index in [1.54, 1.807) is 7.11 Å². The van der Waals surface area contributed by atoms with Crippen LogP contribution in [0.3, 0.4) is 0 Å². The monoisotopic (exact) mass is 131 g/mol. The molecule has 0 aromatic carbocycles. The number of methoxy groups -OCH3 is 1. The highest BCUT2D eigenvalue weighted by Crippen LogP contribution is 2.02. The second-order valence-electron chi connectivity index (χ2n) is 2.82. The molecule has 0 amide bonds. The molecule has 0 aromatic heterocycles. The van der Waals surface area contributed by atoms with E-state index in [4.69, 9.17) is 4.74 Å². The summed E-state index contributed by atoms with van der Waals surface area (Å²) in [6.07, 6.45) is 1.00. The highest BCUT2D eigenvalue weighted by molar-refractivity contribution is 4.55. The molecule has 0 N–H and O–H groups in total. The van der Waals surface area contributed by atoms with Gasteiger partial charge in [0.1, 0.15) is 0 Å². The molecule has 0 aromatic rings. The summed E-state index contributed by atoms with van der Waals surface area (Å²) in [5, 5.41) is 0. The van der Waals surface area contributed by atoms with Crippen LogP contribution in [0, 0.1) is 6.92 Å². The zero-order valence-electron chi connectivity index (χ0n) is 7.32. The molecule has 1 heteroatoms. The molecule has 9 heavy (non-hydrogen) atoms. The average Bonchev–Trinajstić information content (AvgIpc) is 1.67. The van der Waals surface area contributed by atoms with Gasteiger partial charge in [0.25, 0.3) is 0 Å². The minimum atomic E-state index is 0.0417. The summed E-state index contributed by atoms with van der Waals surface area (Å²) in [7, 11) is 1.71. The van der Waals surface area contributed by atoms with E-state index in [-0.39, 0.29) is 5.60 Å². The largest absolute Gasteiger partial charge is 0.379 e. The molecule has 0 fully saturated rings. The van der Waals surface area contributed by atoms with Crippen LogP contribution in [0.25, 0.3) is 0 Å². The van der Waals surface area contributed by atoms with Crippen molar-refractivity contribution in [1.82, 2.24) is 0 Å². The van der Waals surface area contributed by atoms with Crippen LogP contribution in [0.2, 0.25) is 0 Å². The van der Waals surface area contributed by atoms with Gasteiger partial charge in [-0.05, 0) is 20.8 Å². The van der Waals surface area contributed by atoms with Crippen molar-refractivity contribution in [3.05, 3.63) is 6.92 Å². The molecule has 0 heterocycles. The first-order valence-electron chi connectivity index (χ1n) is 3.32. The lowest BCUT2D eigenvalue weighted by Crippen LogP contribution is -2.15. The fourth-order valence-electron chi connectivity index (χ4n) is 0. The predicted octanol–water partition coefficient (Wildman–Crippen LogP) is 2.66. The molecule has 0 bridgehead atoms. The molecule has 57 valence electrons. The van der Waals surface area contributed by atoms with Gasteiger partial charge in [-0.2, -0.15) is 0 Å². The average molecular weight is 131 g/mol. The van der Waals surface area contributed by atoms with Crippen molar-refractivity contribution in [2.45, 2.75) is 39.7 Å². The maximum absolute atomic E-state index is 4.94. The third kappa shape index (κ3) is 32.3. The summed E-state index contributed by atoms with van der Waals surface area (Å²) in [5.74, 6) is 0. The zero-order chi connectivity index (χ0) is 7.91. The van der Waals surface area contributed by atoms with Crippen molar-refractivity contribution < 1.29 is 4.74 Å². The molecule has 0 aliphatic rings. The van der Waals surface area contributed by atoms with Gasteiger partial charge in [-0.15, -0.1) is 0 Å². The molecule has 0 rings (SSSR count). The van der Waals surface area contributed by atoms with Crippen molar-refractivity contribution in [3.8, 4) is 0 Å². The van der Waals surface area contributed by atoms with Crippen LogP contribution in [0.4, 0.5) is 0 Å². The first kappa shape index (κ1) is 11.7. The van der Waals surface area contributed by atoms with E-state index in [2.05, 4.69) is 6.92 Å². The molecule has 0 atom stereocenters. The molecule has 0 aliphatic heterocycles. The van der Waals surface area contributed by atoms with E-state index in [1.807, 2.05) is 27.7 Å². The van der Waals surface area contributed by atoms with E-state index in [0.717, 1.165) is 6.42 Å². The van der Waals surface area contributed by atoms with Gasteiger partial charge in [-0.3, -0.25) is 0 Å². The van der Waals surface area contributed by atoms with Crippen LogP contribution in [0.5, 0.6) is 0 Å². The van der Waals surface area contributed by atoms with Crippen molar-refractivity contribution in [2.24, 2.45) is 0 Å². The summed E-state index contributed by atoms with van der Waals surface area (Å²) < 4.78 is 4.94. The molecule has 1 radical (unpaired) electrons. The van der Waals surface area contributed by atoms with Gasteiger partial charge in [0.05, 0.1) is 5.60 Å². The van der Waals surface area contributed by atoms with Crippen LogP contribution in [0.15, 0.2) is 0 Å². The maximum Gasteiger partial charge on any atom is 0.0594 e. The lowest BCUT2D eigenvalue weighted by atomic mass is 10.2. The van der Waals surface area contributed by atoms with Crippen LogP contribution in [-0.4, -0.2) is 12.7 Å². The van der Waals surface area contributed by atoms with Gasteiger partial charge in [-0.25, -0.2) is 0 Å². The Hall–Kier alpha value is -0.0400. The first-order chi connectivity index (χ1) is 3.97. The third-order valence-electron chi connectivity index (χ3n) is 0.612. The van der Waals surface area contributed by atoms with Gasteiger partial charge in [0.2, 0.25) is 0 Å². The molecular formula is C8H19O. The normalized spacial score (nSPS) is 10.0. The fourth-order valence-corrected chi connectivity index (χ4v) is 0. The Morgan fingerprint density at radius 2 is 1.44 bits per heavy atom. The summed E-state index contributed by atoms with van der Waals surface area (Å²) in [4.78, 5) is 0. The zero-order valence-corrected chi connectivity index (χ0v) is 7.32. The van der Waals surface area contributed by atoms with Crippen molar-refractivity contribution in [1.29, 1.82) is 0 Å². The summed E-state index contributed by atoms with van der Waals surface area (Å²) in [6.45, 7) is 11.6. The molecule has 0 saturated heterocycles. The predicted molar refractivity (Wildman–Crippen MR) is 42.4 cm³/mol. The van der Waals surface area contributed by atoms with E-state index >= 15 is 0 Å². The molecule has 0 unspecified atom stereocenters. The van der Waals surface area contributed by atoms with Crippen LogP contribution < -0.4 is 0 Å². The quantitative estimate of drug-likeness (QED) is 0.491. The molecule has 0 aliphatic carbocycles. The van der Waals surface area contributed by atoms with Crippen molar-refractivity contribution in [2.75, 3.05) is 7.11 Å². The van der Waals surface area contributed by atoms with Crippen LogP contribution >= 0.6 is 0 Å². The Kier molecular flexibility index (Phi) is 7.92. The number of hydrogen-bond acceptors (Lipinski definition) is 1. The van der Waals surface area contributed by atoms with Crippen molar-refractivity contribution in [3.63, 3.8) is 0 Å². The smallest absolute Gasteiger partial charge is 0.0594 e. The lowest BCUT2D eigenvalue weighted by Gasteiger charge is -2.14. The Morgan fingerprint density at radius 1 is 1.33 bits per heavy atom. The number of rotatable bonds is 0. The third-order valence-corrected chi connectivity index (χ3v) is 0.612. The molecule has 0 saturated carbocycles. The highest BCUT2D eigenvalue weighted by Gasteiger charge is 2.03. The number of hydrogen-bond donors (Lipinski definition) is 0. The highest BCUT2D eigenvalue weighted by atomic mass is 16.5. The van der Waals surface area contributed by atoms with Crippen LogP contribution in [0.1, 0.15) is 34.1 Å². The Bertz CT molecular complexity index is 43.0. The van der Waals surface area contributed by atoms with E-state index in [1.165, 1.54) is 0 Å². The second kappa shape index (κ2) is 6.09. The first-order valence-corrected chi connectivity index (χ1v) is 3.32. The molecule has 0 spiro atoms. The second-order valence-corrected chi connectivity index (χ2v) is 2.82. The summed E-state index contributed by atoms with van der Waals surface area (Å²) in [5.41, 5.74) is 0.0417. The SMILES string of the molecule is COC(C)(C)C.[CH2]CC. The van der Waals surface area contributed by atoms with Gasteiger partial charge >= 0.3 is 0 Å². The minimum Gasteiger partial charge on any atom is -0.379 e. The van der Waals surface area contributed by atoms with Gasteiger partial charge in [0.15, 0.2) is 0 Å². The van der Waals surface area contributed by atoms with E-state index < -0.39 is 0 Å². The number of ether oxygens (including phenoxy) is 1. The Balaban J connectivity index is 0. The summed E-state index contributed by atoms with van der Waals surface area (Å²) >= 11 is 0. The van der Waals surface area contributed by atoms with Crippen molar-refractivity contribution >= 4 is 0 Å². The Morgan fingerprint density at radius 3 is 1.44 bits per heavy atom. The van der Waals surface area contributed by atoms with Crippen LogP contribution in [-0.2, 0) is 4.74 Å². The Labute approximate surface area is 59.4 Å².